The largest absolute Gasteiger partial charge is 0.497 e. The fourth-order valence-electron chi connectivity index (χ4n) is 1.55. The molecular formula is C11H10F3N5O2. The second kappa shape index (κ2) is 5.31. The fourth-order valence-corrected chi connectivity index (χ4v) is 1.55. The number of aromatic nitrogens is 3. The van der Waals surface area contributed by atoms with Crippen molar-refractivity contribution in [3.05, 3.63) is 29.6 Å². The van der Waals surface area contributed by atoms with Gasteiger partial charge >= 0.3 is 6.18 Å². The quantitative estimate of drug-likeness (QED) is 0.799. The van der Waals surface area contributed by atoms with Crippen LogP contribution in [-0.2, 0) is 6.18 Å². The zero-order valence-corrected chi connectivity index (χ0v) is 10.7. The lowest BCUT2D eigenvalue weighted by Crippen LogP contribution is -2.18. The maximum atomic E-state index is 13.0. The standard InChI is InChI=1S/C11H10F3N5O2/c1-21-5-2-3-7(6(4-5)11(12,13)14)16-9(20)8-17-10(15)19-18-8/h2-4H,1H3,(H,16,20)(H3,15,17,18,19). The highest BCUT2D eigenvalue weighted by molar-refractivity contribution is 6.02. The molecule has 0 spiro atoms. The number of methoxy groups -OCH3 is 1. The monoisotopic (exact) mass is 301 g/mol. The summed E-state index contributed by atoms with van der Waals surface area (Å²) in [7, 11) is 1.24. The van der Waals surface area contributed by atoms with E-state index in [0.29, 0.717) is 0 Å². The highest BCUT2D eigenvalue weighted by atomic mass is 19.4. The molecule has 1 aromatic carbocycles. The van der Waals surface area contributed by atoms with Gasteiger partial charge in [-0.3, -0.25) is 9.89 Å². The van der Waals surface area contributed by atoms with Crippen molar-refractivity contribution in [2.45, 2.75) is 6.18 Å². The number of alkyl halides is 3. The molecule has 112 valence electrons. The van der Waals surface area contributed by atoms with Gasteiger partial charge in [-0.2, -0.15) is 18.2 Å². The minimum atomic E-state index is -4.66. The third-order valence-corrected chi connectivity index (χ3v) is 2.50. The minimum absolute atomic E-state index is 0.0178. The van der Waals surface area contributed by atoms with Crippen molar-refractivity contribution in [2.75, 3.05) is 18.2 Å². The van der Waals surface area contributed by atoms with Crippen LogP contribution in [0.15, 0.2) is 18.2 Å². The zero-order valence-electron chi connectivity index (χ0n) is 10.7. The summed E-state index contributed by atoms with van der Waals surface area (Å²) in [5, 5.41) is 7.71. The topological polar surface area (TPSA) is 106 Å². The molecule has 21 heavy (non-hydrogen) atoms. The molecule has 0 aliphatic heterocycles. The smallest absolute Gasteiger partial charge is 0.418 e. The first kappa shape index (κ1) is 14.6. The van der Waals surface area contributed by atoms with Crippen LogP contribution in [0.1, 0.15) is 16.2 Å². The number of halogens is 3. The molecule has 0 fully saturated rings. The molecule has 0 saturated heterocycles. The van der Waals surface area contributed by atoms with Gasteiger partial charge in [-0.15, -0.1) is 5.10 Å². The Morgan fingerprint density at radius 3 is 2.67 bits per heavy atom. The van der Waals surface area contributed by atoms with Gasteiger partial charge in [-0.25, -0.2) is 0 Å². The predicted molar refractivity (Wildman–Crippen MR) is 66.7 cm³/mol. The molecule has 0 unspecified atom stereocenters. The summed E-state index contributed by atoms with van der Waals surface area (Å²) in [6.07, 6.45) is -4.66. The molecule has 4 N–H and O–H groups in total. The van der Waals surface area contributed by atoms with Crippen molar-refractivity contribution in [1.82, 2.24) is 15.2 Å². The Hall–Kier alpha value is -2.78. The second-order valence-electron chi connectivity index (χ2n) is 3.91. The molecule has 0 saturated carbocycles. The van der Waals surface area contributed by atoms with Gasteiger partial charge in [0.2, 0.25) is 11.8 Å². The van der Waals surface area contributed by atoms with Crippen LogP contribution in [0.5, 0.6) is 5.75 Å². The molecule has 1 aromatic heterocycles. The summed E-state index contributed by atoms with van der Waals surface area (Å²) in [4.78, 5) is 15.3. The number of carbonyl (C=O) groups is 1. The molecule has 2 aromatic rings. The number of aromatic amines is 1. The summed E-state index contributed by atoms with van der Waals surface area (Å²) in [6, 6.07) is 3.16. The van der Waals surface area contributed by atoms with Gasteiger partial charge in [0.15, 0.2) is 0 Å². The van der Waals surface area contributed by atoms with Crippen molar-refractivity contribution < 1.29 is 22.7 Å². The van der Waals surface area contributed by atoms with E-state index in [1.165, 1.54) is 13.2 Å². The van der Waals surface area contributed by atoms with Gasteiger partial charge in [0.05, 0.1) is 18.4 Å². The van der Waals surface area contributed by atoms with Gasteiger partial charge < -0.3 is 15.8 Å². The Labute approximate surface area is 116 Å². The van der Waals surface area contributed by atoms with Gasteiger partial charge in [0.1, 0.15) is 5.75 Å². The van der Waals surface area contributed by atoms with Crippen LogP contribution < -0.4 is 15.8 Å². The lowest BCUT2D eigenvalue weighted by Gasteiger charge is -2.14. The number of benzene rings is 1. The first-order chi connectivity index (χ1) is 9.81. The number of rotatable bonds is 3. The number of hydrogen-bond donors (Lipinski definition) is 3. The van der Waals surface area contributed by atoms with Gasteiger partial charge in [0, 0.05) is 0 Å². The normalized spacial score (nSPS) is 11.2. The summed E-state index contributed by atoms with van der Waals surface area (Å²) < 4.78 is 43.6. The zero-order chi connectivity index (χ0) is 15.6. The predicted octanol–water partition coefficient (Wildman–Crippen LogP) is 1.67. The van der Waals surface area contributed by atoms with Crippen LogP contribution in [0.25, 0.3) is 0 Å². The number of hydrogen-bond acceptors (Lipinski definition) is 5. The number of nitrogens with zero attached hydrogens (tertiary/aromatic N) is 2. The number of nitrogens with two attached hydrogens (primary N) is 1. The van der Waals surface area contributed by atoms with Crippen LogP contribution in [0.4, 0.5) is 24.8 Å². The Kier molecular flexibility index (Phi) is 3.70. The lowest BCUT2D eigenvalue weighted by atomic mass is 10.1. The molecule has 10 heteroatoms. The fraction of sp³-hybridized carbons (Fsp3) is 0.182. The molecule has 0 aliphatic carbocycles. The Balaban J connectivity index is 2.33. The SMILES string of the molecule is COc1ccc(NC(=O)c2nc(N)n[nH]2)c(C(F)(F)F)c1. The molecule has 0 atom stereocenters. The number of ether oxygens (including phenoxy) is 1. The van der Waals surface area contributed by atoms with E-state index in [9.17, 15) is 18.0 Å². The van der Waals surface area contributed by atoms with Crippen molar-refractivity contribution in [3.8, 4) is 5.75 Å². The van der Waals surface area contributed by atoms with Gasteiger partial charge in [-0.05, 0) is 18.2 Å². The van der Waals surface area contributed by atoms with E-state index in [0.717, 1.165) is 12.1 Å². The third-order valence-electron chi connectivity index (χ3n) is 2.50. The van der Waals surface area contributed by atoms with E-state index in [1.54, 1.807) is 0 Å². The molecule has 1 heterocycles. The highest BCUT2D eigenvalue weighted by Gasteiger charge is 2.34. The van der Waals surface area contributed by atoms with Crippen molar-refractivity contribution >= 4 is 17.5 Å². The number of nitrogens with one attached hydrogen (secondary N) is 2. The number of nitrogen functional groups attached to an aromatic ring is 1. The van der Waals surface area contributed by atoms with Crippen molar-refractivity contribution in [2.24, 2.45) is 0 Å². The van der Waals surface area contributed by atoms with E-state index >= 15 is 0 Å². The average molecular weight is 301 g/mol. The summed E-state index contributed by atoms with van der Waals surface area (Å²) in [5.74, 6) is -1.36. The van der Waals surface area contributed by atoms with Crippen LogP contribution in [-0.4, -0.2) is 28.2 Å². The van der Waals surface area contributed by atoms with Crippen LogP contribution >= 0.6 is 0 Å². The summed E-state index contributed by atoms with van der Waals surface area (Å²) in [5.41, 5.74) is 3.75. The highest BCUT2D eigenvalue weighted by Crippen LogP contribution is 2.37. The second-order valence-corrected chi connectivity index (χ2v) is 3.91. The van der Waals surface area contributed by atoms with Gasteiger partial charge in [-0.1, -0.05) is 0 Å². The van der Waals surface area contributed by atoms with Crippen molar-refractivity contribution in [3.63, 3.8) is 0 Å². The molecule has 2 rings (SSSR count). The maximum Gasteiger partial charge on any atom is 0.418 e. The first-order valence-electron chi connectivity index (χ1n) is 5.55. The lowest BCUT2D eigenvalue weighted by molar-refractivity contribution is -0.137. The van der Waals surface area contributed by atoms with E-state index in [-0.39, 0.29) is 17.5 Å². The number of anilines is 2. The van der Waals surface area contributed by atoms with E-state index in [1.807, 2.05) is 0 Å². The molecule has 1 amide bonds. The van der Waals surface area contributed by atoms with E-state index in [4.69, 9.17) is 10.5 Å². The number of carbonyl (C=O) groups excluding carboxylic acids is 1. The third kappa shape index (κ3) is 3.22. The van der Waals surface area contributed by atoms with Crippen LogP contribution in [0, 0.1) is 0 Å². The van der Waals surface area contributed by atoms with E-state index < -0.39 is 23.3 Å². The Bertz CT molecular complexity index is 668. The molecule has 0 bridgehead atoms. The summed E-state index contributed by atoms with van der Waals surface area (Å²) >= 11 is 0. The Morgan fingerprint density at radius 2 is 2.14 bits per heavy atom. The average Bonchev–Trinajstić information content (AvgIpc) is 2.84. The van der Waals surface area contributed by atoms with Crippen LogP contribution in [0.3, 0.4) is 0 Å². The molecule has 7 nitrogen and oxygen atoms in total. The molecular weight excluding hydrogens is 291 g/mol. The summed E-state index contributed by atoms with van der Waals surface area (Å²) in [6.45, 7) is 0. The molecule has 0 aliphatic rings. The van der Waals surface area contributed by atoms with Crippen LogP contribution in [0.2, 0.25) is 0 Å². The number of amides is 1. The van der Waals surface area contributed by atoms with E-state index in [2.05, 4.69) is 20.5 Å². The Morgan fingerprint density at radius 1 is 1.43 bits per heavy atom. The first-order valence-corrected chi connectivity index (χ1v) is 5.55. The number of H-pyrrole nitrogens is 1. The molecule has 0 radical (unpaired) electrons. The maximum absolute atomic E-state index is 13.0. The van der Waals surface area contributed by atoms with Gasteiger partial charge in [0.25, 0.3) is 5.91 Å². The minimum Gasteiger partial charge on any atom is -0.497 e. The van der Waals surface area contributed by atoms with Crippen molar-refractivity contribution in [1.29, 1.82) is 0 Å².